The van der Waals surface area contributed by atoms with Crippen LogP contribution in [0.25, 0.3) is 0 Å². The van der Waals surface area contributed by atoms with Gasteiger partial charge >= 0.3 is 0 Å². The first-order chi connectivity index (χ1) is 5.36. The van der Waals surface area contributed by atoms with E-state index in [1.165, 1.54) is 19.3 Å². The van der Waals surface area contributed by atoms with Crippen LogP contribution in [0, 0.1) is 0 Å². The molecule has 0 radical (unpaired) electrons. The minimum absolute atomic E-state index is 0. The normalized spacial score (nSPS) is 30.7. The maximum Gasteiger partial charge on any atom is 0.146 e. The van der Waals surface area contributed by atoms with Crippen molar-refractivity contribution in [2.45, 2.75) is 38.1 Å². The van der Waals surface area contributed by atoms with Crippen LogP contribution in [0.5, 0.6) is 0 Å². The summed E-state index contributed by atoms with van der Waals surface area (Å²) in [4.78, 5) is 13.4. The van der Waals surface area contributed by atoms with Crippen molar-refractivity contribution in [3.8, 4) is 0 Å². The molecular weight excluding hydrogens is 174 g/mol. The smallest absolute Gasteiger partial charge is 0.146 e. The lowest BCUT2D eigenvalue weighted by Crippen LogP contribution is -2.46. The average Bonchev–Trinajstić information content (AvgIpc) is 2.04. The summed E-state index contributed by atoms with van der Waals surface area (Å²) in [5, 5.41) is 0. The van der Waals surface area contributed by atoms with Gasteiger partial charge in [-0.2, -0.15) is 0 Å². The minimum Gasteiger partial charge on any atom is -0.298 e. The SMILES string of the molecule is Cl.O=C1CCC2CCCCN2C1. The highest BCUT2D eigenvalue weighted by atomic mass is 35.5. The zero-order valence-corrected chi connectivity index (χ0v) is 8.11. The van der Waals surface area contributed by atoms with Crippen molar-refractivity contribution in [1.82, 2.24) is 4.90 Å². The lowest BCUT2D eigenvalue weighted by atomic mass is 9.93. The van der Waals surface area contributed by atoms with Gasteiger partial charge < -0.3 is 0 Å². The van der Waals surface area contributed by atoms with E-state index in [2.05, 4.69) is 4.90 Å². The van der Waals surface area contributed by atoms with Crippen LogP contribution in [0.4, 0.5) is 0 Å². The summed E-state index contributed by atoms with van der Waals surface area (Å²) in [6.07, 6.45) is 5.95. The number of ketones is 1. The predicted molar refractivity (Wildman–Crippen MR) is 50.7 cm³/mol. The third-order valence-electron chi connectivity index (χ3n) is 2.88. The summed E-state index contributed by atoms with van der Waals surface area (Å²) in [6.45, 7) is 1.90. The molecule has 2 aliphatic rings. The van der Waals surface area contributed by atoms with Gasteiger partial charge in [0.05, 0.1) is 6.54 Å². The van der Waals surface area contributed by atoms with Crippen molar-refractivity contribution < 1.29 is 4.79 Å². The number of hydrogen-bond acceptors (Lipinski definition) is 2. The molecule has 3 heteroatoms. The van der Waals surface area contributed by atoms with Gasteiger partial charge in [-0.15, -0.1) is 12.4 Å². The van der Waals surface area contributed by atoms with E-state index in [0.29, 0.717) is 5.78 Å². The van der Waals surface area contributed by atoms with Gasteiger partial charge in [0.25, 0.3) is 0 Å². The lowest BCUT2D eigenvalue weighted by molar-refractivity contribution is -0.124. The molecule has 0 spiro atoms. The number of hydrogen-bond donors (Lipinski definition) is 0. The van der Waals surface area contributed by atoms with Crippen molar-refractivity contribution in [2.24, 2.45) is 0 Å². The van der Waals surface area contributed by atoms with Gasteiger partial charge in [-0.3, -0.25) is 9.69 Å². The molecule has 0 aromatic heterocycles. The van der Waals surface area contributed by atoms with E-state index in [0.717, 1.165) is 32.0 Å². The molecule has 1 unspecified atom stereocenters. The molecular formula is C9H16ClNO. The van der Waals surface area contributed by atoms with E-state index in [1.807, 2.05) is 0 Å². The quantitative estimate of drug-likeness (QED) is 0.578. The van der Waals surface area contributed by atoms with Crippen LogP contribution >= 0.6 is 12.4 Å². The number of carbonyl (C=O) groups is 1. The molecule has 0 saturated carbocycles. The second-order valence-corrected chi connectivity index (χ2v) is 3.70. The Kier molecular flexibility index (Phi) is 3.53. The van der Waals surface area contributed by atoms with Crippen LogP contribution in [-0.2, 0) is 4.79 Å². The van der Waals surface area contributed by atoms with Crippen molar-refractivity contribution in [3.63, 3.8) is 0 Å². The molecule has 2 fully saturated rings. The summed E-state index contributed by atoms with van der Waals surface area (Å²) in [5.41, 5.74) is 0. The molecule has 1 atom stereocenters. The maximum absolute atomic E-state index is 11.1. The van der Waals surface area contributed by atoms with Crippen LogP contribution in [0.1, 0.15) is 32.1 Å². The standard InChI is InChI=1S/C9H15NO.ClH/c11-9-5-4-8-3-1-2-6-10(8)7-9;/h8H,1-7H2;1H. The zero-order chi connectivity index (χ0) is 7.68. The Hall–Kier alpha value is -0.0800. The van der Waals surface area contributed by atoms with Gasteiger partial charge in [-0.1, -0.05) is 6.42 Å². The Morgan fingerprint density at radius 3 is 2.92 bits per heavy atom. The molecule has 0 aliphatic carbocycles. The molecule has 0 amide bonds. The van der Waals surface area contributed by atoms with Gasteiger partial charge in [0, 0.05) is 12.5 Å². The van der Waals surface area contributed by atoms with E-state index in [-0.39, 0.29) is 12.4 Å². The summed E-state index contributed by atoms with van der Waals surface area (Å²) >= 11 is 0. The molecule has 2 saturated heterocycles. The summed E-state index contributed by atoms with van der Waals surface area (Å²) in [6, 6.07) is 0.751. The fraction of sp³-hybridized carbons (Fsp3) is 0.889. The van der Waals surface area contributed by atoms with Gasteiger partial charge in [0.1, 0.15) is 5.78 Å². The molecule has 2 aliphatic heterocycles. The largest absolute Gasteiger partial charge is 0.298 e. The molecule has 0 N–H and O–H groups in total. The van der Waals surface area contributed by atoms with Crippen molar-refractivity contribution in [1.29, 1.82) is 0 Å². The topological polar surface area (TPSA) is 20.3 Å². The van der Waals surface area contributed by atoms with Crippen LogP contribution in [-0.4, -0.2) is 29.8 Å². The van der Waals surface area contributed by atoms with Gasteiger partial charge in [0.15, 0.2) is 0 Å². The van der Waals surface area contributed by atoms with E-state index in [9.17, 15) is 4.79 Å². The Morgan fingerprint density at radius 2 is 2.08 bits per heavy atom. The van der Waals surface area contributed by atoms with Crippen LogP contribution in [0.2, 0.25) is 0 Å². The Labute approximate surface area is 79.7 Å². The third kappa shape index (κ3) is 1.99. The van der Waals surface area contributed by atoms with Crippen molar-refractivity contribution in [2.75, 3.05) is 13.1 Å². The Balaban J connectivity index is 0.000000720. The molecule has 2 nitrogen and oxygen atoms in total. The minimum atomic E-state index is 0. The number of fused-ring (bicyclic) bond motifs is 1. The maximum atomic E-state index is 11.1. The van der Waals surface area contributed by atoms with Gasteiger partial charge in [-0.05, 0) is 25.8 Å². The second-order valence-electron chi connectivity index (χ2n) is 3.70. The van der Waals surface area contributed by atoms with Crippen molar-refractivity contribution in [3.05, 3.63) is 0 Å². The lowest BCUT2D eigenvalue weighted by Gasteiger charge is -2.38. The van der Waals surface area contributed by atoms with E-state index in [1.54, 1.807) is 0 Å². The summed E-state index contributed by atoms with van der Waals surface area (Å²) < 4.78 is 0. The molecule has 2 heterocycles. The highest BCUT2D eigenvalue weighted by Gasteiger charge is 2.28. The summed E-state index contributed by atoms with van der Waals surface area (Å²) in [7, 11) is 0. The van der Waals surface area contributed by atoms with E-state index in [4.69, 9.17) is 0 Å². The van der Waals surface area contributed by atoms with Crippen LogP contribution < -0.4 is 0 Å². The molecule has 70 valence electrons. The number of rotatable bonds is 0. The van der Waals surface area contributed by atoms with Crippen LogP contribution in [0.3, 0.4) is 0 Å². The fourth-order valence-corrected chi connectivity index (χ4v) is 2.23. The number of nitrogens with zero attached hydrogens (tertiary/aromatic N) is 1. The molecule has 0 aromatic rings. The fourth-order valence-electron chi connectivity index (χ4n) is 2.23. The second kappa shape index (κ2) is 4.24. The highest BCUT2D eigenvalue weighted by Crippen LogP contribution is 2.24. The third-order valence-corrected chi connectivity index (χ3v) is 2.88. The average molecular weight is 190 g/mol. The van der Waals surface area contributed by atoms with Crippen molar-refractivity contribution >= 4 is 18.2 Å². The highest BCUT2D eigenvalue weighted by molar-refractivity contribution is 5.85. The monoisotopic (exact) mass is 189 g/mol. The number of Topliss-reactive ketones (excluding diaryl/α,β-unsaturated/α-hetero) is 1. The Morgan fingerprint density at radius 1 is 1.25 bits per heavy atom. The Bertz CT molecular complexity index is 172. The first kappa shape index (κ1) is 10.0. The molecule has 0 aromatic carbocycles. The van der Waals surface area contributed by atoms with Gasteiger partial charge in [0.2, 0.25) is 0 Å². The van der Waals surface area contributed by atoms with E-state index >= 15 is 0 Å². The molecule has 0 bridgehead atoms. The molecule has 2 rings (SSSR count). The zero-order valence-electron chi connectivity index (χ0n) is 7.29. The van der Waals surface area contributed by atoms with E-state index < -0.39 is 0 Å². The number of halogens is 1. The number of carbonyl (C=O) groups excluding carboxylic acids is 1. The van der Waals surface area contributed by atoms with Crippen LogP contribution in [0.15, 0.2) is 0 Å². The predicted octanol–water partition coefficient (Wildman–Crippen LogP) is 1.63. The first-order valence-corrected chi connectivity index (χ1v) is 4.62. The molecule has 12 heavy (non-hydrogen) atoms. The number of piperidine rings is 2. The van der Waals surface area contributed by atoms with Gasteiger partial charge in [-0.25, -0.2) is 0 Å². The first-order valence-electron chi connectivity index (χ1n) is 4.62. The summed E-state index contributed by atoms with van der Waals surface area (Å²) in [5.74, 6) is 0.447.